The maximum atomic E-state index is 13.0. The molecular formula is C36H53NO5S2+2. The largest absolute Gasteiger partial charge is 0.450 e. The normalized spacial score (nSPS) is 17.8. The molecule has 0 aliphatic carbocycles. The van der Waals surface area contributed by atoms with Crippen LogP contribution in [-0.4, -0.2) is 89.0 Å². The molecule has 242 valence electrons. The first-order chi connectivity index (χ1) is 20.8. The van der Waals surface area contributed by atoms with Crippen molar-refractivity contribution in [3.8, 4) is 0 Å². The van der Waals surface area contributed by atoms with Gasteiger partial charge in [-0.3, -0.25) is 14.5 Å². The van der Waals surface area contributed by atoms with Crippen molar-refractivity contribution in [3.05, 3.63) is 70.8 Å². The minimum atomic E-state index is -0.232. The molecule has 6 nitrogen and oxygen atoms in total. The van der Waals surface area contributed by atoms with Gasteiger partial charge in [0, 0.05) is 38.3 Å². The molecule has 2 aromatic carbocycles. The fraction of sp³-hybridized carbons (Fsp3) is 0.583. The number of carbonyl (C=O) groups is 3. The molecule has 0 bridgehead atoms. The highest BCUT2D eigenvalue weighted by Crippen LogP contribution is 2.32. The predicted octanol–water partition coefficient (Wildman–Crippen LogP) is 6.71. The van der Waals surface area contributed by atoms with Gasteiger partial charge in [-0.1, -0.05) is 88.7 Å². The SMILES string of the molecule is CCOC(=O)N1CC[S+](C(C)C(=O)c2ccc(C(C)C)cc2)CC1.Cc1ccc(C(=O)C([S+]2CCOCC2)C(C)(C)C)cc1. The zero-order chi connectivity index (χ0) is 32.4. The molecule has 2 aliphatic heterocycles. The molecule has 2 heterocycles. The Labute approximate surface area is 271 Å². The number of hydrogen-bond acceptors (Lipinski definition) is 5. The number of Topliss-reactive ketones (excluding diaryl/α,β-unsaturated/α-hetero) is 2. The van der Waals surface area contributed by atoms with Crippen LogP contribution in [0.15, 0.2) is 48.5 Å². The number of ether oxygens (including phenoxy) is 2. The molecule has 1 amide bonds. The monoisotopic (exact) mass is 643 g/mol. The molecule has 0 aromatic heterocycles. The summed E-state index contributed by atoms with van der Waals surface area (Å²) in [5.74, 6) is 4.83. The lowest BCUT2D eigenvalue weighted by molar-refractivity contribution is 0.0944. The first kappa shape index (κ1) is 36.2. The van der Waals surface area contributed by atoms with Crippen LogP contribution in [0.25, 0.3) is 0 Å². The van der Waals surface area contributed by atoms with E-state index in [4.69, 9.17) is 9.47 Å². The van der Waals surface area contributed by atoms with Gasteiger partial charge in [-0.2, -0.15) is 0 Å². The van der Waals surface area contributed by atoms with Gasteiger partial charge in [0.25, 0.3) is 0 Å². The van der Waals surface area contributed by atoms with E-state index in [1.54, 1.807) is 4.90 Å². The molecule has 0 saturated carbocycles. The Morgan fingerprint density at radius 3 is 1.84 bits per heavy atom. The Balaban J connectivity index is 0.000000244. The number of amides is 1. The number of rotatable bonds is 8. The second-order valence-corrected chi connectivity index (χ2v) is 17.9. The van der Waals surface area contributed by atoms with E-state index in [1.807, 2.05) is 50.2 Å². The van der Waals surface area contributed by atoms with Crippen molar-refractivity contribution >= 4 is 39.4 Å². The van der Waals surface area contributed by atoms with E-state index in [2.05, 4.69) is 53.7 Å². The average Bonchev–Trinajstić information content (AvgIpc) is 3.01. The molecule has 2 atom stereocenters. The number of hydrogen-bond donors (Lipinski definition) is 0. The highest BCUT2D eigenvalue weighted by Gasteiger charge is 2.46. The number of carbonyl (C=O) groups excluding carboxylic acids is 3. The van der Waals surface area contributed by atoms with Gasteiger partial charge >= 0.3 is 6.09 Å². The van der Waals surface area contributed by atoms with Gasteiger partial charge in [0.05, 0.1) is 32.9 Å². The molecule has 4 rings (SSSR count). The third kappa shape index (κ3) is 10.1. The summed E-state index contributed by atoms with van der Waals surface area (Å²) < 4.78 is 10.5. The summed E-state index contributed by atoms with van der Waals surface area (Å²) in [6, 6.07) is 16.0. The van der Waals surface area contributed by atoms with E-state index in [0.717, 1.165) is 47.4 Å². The lowest BCUT2D eigenvalue weighted by Gasteiger charge is -2.31. The van der Waals surface area contributed by atoms with E-state index in [0.29, 0.717) is 31.4 Å². The van der Waals surface area contributed by atoms with E-state index in [-0.39, 0.29) is 49.6 Å². The Hall–Kier alpha value is -2.29. The van der Waals surface area contributed by atoms with E-state index in [9.17, 15) is 14.4 Å². The minimum Gasteiger partial charge on any atom is -0.450 e. The van der Waals surface area contributed by atoms with Gasteiger partial charge in [0.2, 0.25) is 11.6 Å². The Morgan fingerprint density at radius 1 is 0.818 bits per heavy atom. The lowest BCUT2D eigenvalue weighted by atomic mass is 9.87. The molecule has 2 aromatic rings. The van der Waals surface area contributed by atoms with Crippen LogP contribution >= 0.6 is 0 Å². The van der Waals surface area contributed by atoms with Crippen LogP contribution < -0.4 is 0 Å². The van der Waals surface area contributed by atoms with Crippen LogP contribution in [0.2, 0.25) is 0 Å². The van der Waals surface area contributed by atoms with Gasteiger partial charge in [-0.15, -0.1) is 0 Å². The molecule has 2 fully saturated rings. The Morgan fingerprint density at radius 2 is 1.34 bits per heavy atom. The van der Waals surface area contributed by atoms with Gasteiger partial charge in [-0.25, -0.2) is 4.79 Å². The number of nitrogens with zero attached hydrogens (tertiary/aromatic N) is 1. The molecule has 44 heavy (non-hydrogen) atoms. The number of ketones is 2. The first-order valence-corrected chi connectivity index (χ1v) is 19.2. The van der Waals surface area contributed by atoms with Gasteiger partial charge in [0.15, 0.2) is 10.5 Å². The summed E-state index contributed by atoms with van der Waals surface area (Å²) in [7, 11) is 0.163. The zero-order valence-corrected chi connectivity index (χ0v) is 29.7. The third-order valence-electron chi connectivity index (χ3n) is 8.18. The minimum absolute atomic E-state index is 0.00240. The van der Waals surface area contributed by atoms with Gasteiger partial charge < -0.3 is 9.47 Å². The van der Waals surface area contributed by atoms with Crippen molar-refractivity contribution < 1.29 is 23.9 Å². The molecule has 0 spiro atoms. The van der Waals surface area contributed by atoms with Crippen LogP contribution in [0.5, 0.6) is 0 Å². The van der Waals surface area contributed by atoms with Gasteiger partial charge in [0.1, 0.15) is 23.0 Å². The summed E-state index contributed by atoms with van der Waals surface area (Å²) in [6.07, 6.45) is -0.232. The summed E-state index contributed by atoms with van der Waals surface area (Å²) in [4.78, 5) is 39.2. The Bertz CT molecular complexity index is 1210. The summed E-state index contributed by atoms with van der Waals surface area (Å²) in [5.41, 5.74) is 4.11. The second kappa shape index (κ2) is 16.9. The summed E-state index contributed by atoms with van der Waals surface area (Å²) in [6.45, 7) is 20.1. The zero-order valence-electron chi connectivity index (χ0n) is 28.0. The molecule has 2 unspecified atom stereocenters. The topological polar surface area (TPSA) is 72.9 Å². The summed E-state index contributed by atoms with van der Waals surface area (Å²) >= 11 is 0. The van der Waals surface area contributed by atoms with E-state index < -0.39 is 0 Å². The highest BCUT2D eigenvalue weighted by atomic mass is 32.2. The fourth-order valence-corrected chi connectivity index (χ4v) is 10.6. The molecule has 2 saturated heterocycles. The van der Waals surface area contributed by atoms with Crippen LogP contribution in [0.4, 0.5) is 4.79 Å². The third-order valence-corrected chi connectivity index (χ3v) is 13.8. The van der Waals surface area contributed by atoms with Crippen molar-refractivity contribution in [2.45, 2.75) is 71.8 Å². The average molecular weight is 644 g/mol. The quantitative estimate of drug-likeness (QED) is 0.236. The smallest absolute Gasteiger partial charge is 0.410 e. The highest BCUT2D eigenvalue weighted by molar-refractivity contribution is 7.98. The lowest BCUT2D eigenvalue weighted by Crippen LogP contribution is -2.48. The van der Waals surface area contributed by atoms with Crippen LogP contribution in [0, 0.1) is 12.3 Å². The van der Waals surface area contributed by atoms with Crippen molar-refractivity contribution in [2.75, 3.05) is 55.9 Å². The molecular weight excluding hydrogens is 591 g/mol. The van der Waals surface area contributed by atoms with Crippen molar-refractivity contribution in [3.63, 3.8) is 0 Å². The van der Waals surface area contributed by atoms with Crippen molar-refractivity contribution in [1.29, 1.82) is 0 Å². The molecule has 8 heteroatoms. The van der Waals surface area contributed by atoms with Crippen LogP contribution in [-0.2, 0) is 31.3 Å². The van der Waals surface area contributed by atoms with Crippen molar-refractivity contribution in [2.24, 2.45) is 5.41 Å². The van der Waals surface area contributed by atoms with Gasteiger partial charge in [-0.05, 0) is 32.3 Å². The predicted molar refractivity (Wildman–Crippen MR) is 187 cm³/mol. The maximum Gasteiger partial charge on any atom is 0.410 e. The second-order valence-electron chi connectivity index (χ2n) is 12.9. The molecule has 0 radical (unpaired) electrons. The first-order valence-electron chi connectivity index (χ1n) is 15.9. The standard InChI is InChI=1S/C19H28NO3S.C17H25O2S/c1-5-23-19(22)20-10-12-24(13-11-20)15(4)18(21)17-8-6-16(7-9-17)14(2)3;1-13-5-7-14(8-6-13)15(18)16(17(2,3)4)20-11-9-19-10-12-20/h6-9,14-15H,5,10-13H2,1-4H3;5-8,16H,9-12H2,1-4H3/q2*+1. The number of aryl methyl sites for hydroxylation is 1. The molecule has 2 aliphatic rings. The van der Waals surface area contributed by atoms with Crippen LogP contribution in [0.3, 0.4) is 0 Å². The van der Waals surface area contributed by atoms with E-state index >= 15 is 0 Å². The summed E-state index contributed by atoms with van der Waals surface area (Å²) in [5, 5.41) is 0.119. The number of benzene rings is 2. The maximum absolute atomic E-state index is 13.0. The Kier molecular flexibility index (Phi) is 13.9. The van der Waals surface area contributed by atoms with Crippen LogP contribution in [0.1, 0.15) is 86.2 Å². The molecule has 0 N–H and O–H groups in total. The van der Waals surface area contributed by atoms with E-state index in [1.165, 1.54) is 11.1 Å². The fourth-order valence-electron chi connectivity index (χ4n) is 5.52. The van der Waals surface area contributed by atoms with Crippen molar-refractivity contribution in [1.82, 2.24) is 4.90 Å².